The van der Waals surface area contributed by atoms with Crippen LogP contribution in [0, 0.1) is 5.41 Å². The molecule has 0 aromatic carbocycles. The van der Waals surface area contributed by atoms with Crippen LogP contribution in [0.4, 0.5) is 0 Å². The number of likely N-dealkylation sites (tertiary alicyclic amines) is 2. The van der Waals surface area contributed by atoms with Gasteiger partial charge in [-0.05, 0) is 64.6 Å². The Balaban J connectivity index is 1.32. The fourth-order valence-corrected chi connectivity index (χ4v) is 6.05. The van der Waals surface area contributed by atoms with E-state index in [-0.39, 0.29) is 23.1 Å². The first-order valence-corrected chi connectivity index (χ1v) is 12.8. The van der Waals surface area contributed by atoms with Gasteiger partial charge in [0.1, 0.15) is 6.04 Å². The van der Waals surface area contributed by atoms with Crippen LogP contribution in [0.5, 0.6) is 0 Å². The lowest BCUT2D eigenvalue weighted by atomic mass is 9.77. The molecule has 170 valence electrons. The second-order valence-corrected chi connectivity index (χ2v) is 10.6. The van der Waals surface area contributed by atoms with Crippen molar-refractivity contribution in [1.29, 1.82) is 0 Å². The quantitative estimate of drug-likeness (QED) is 0.657. The van der Waals surface area contributed by atoms with Crippen LogP contribution >= 0.6 is 22.7 Å². The summed E-state index contributed by atoms with van der Waals surface area (Å²) in [5.74, 6) is -0.127. The molecule has 1 spiro atoms. The normalized spacial score (nSPS) is 18.9. The highest BCUT2D eigenvalue weighted by molar-refractivity contribution is 7.09. The molecule has 2 aliphatic heterocycles. The number of amides is 3. The third-order valence-electron chi connectivity index (χ3n) is 6.51. The maximum absolute atomic E-state index is 13.2. The summed E-state index contributed by atoms with van der Waals surface area (Å²) in [5.41, 5.74) is 1.13. The van der Waals surface area contributed by atoms with E-state index < -0.39 is 6.04 Å². The van der Waals surface area contributed by atoms with Crippen molar-refractivity contribution < 1.29 is 14.4 Å². The van der Waals surface area contributed by atoms with Gasteiger partial charge in [0.05, 0.1) is 0 Å². The van der Waals surface area contributed by atoms with Crippen LogP contribution in [0.2, 0.25) is 0 Å². The number of rotatable bonds is 6. The summed E-state index contributed by atoms with van der Waals surface area (Å²) in [5, 5.41) is 8.86. The van der Waals surface area contributed by atoms with Gasteiger partial charge in [0.25, 0.3) is 0 Å². The van der Waals surface area contributed by atoms with E-state index in [4.69, 9.17) is 0 Å². The fraction of sp³-hybridized carbons (Fsp3) is 0.458. The van der Waals surface area contributed by atoms with Crippen molar-refractivity contribution >= 4 is 46.5 Å². The van der Waals surface area contributed by atoms with Crippen LogP contribution < -0.4 is 5.32 Å². The fourth-order valence-electron chi connectivity index (χ4n) is 4.67. The Morgan fingerprint density at radius 1 is 1.12 bits per heavy atom. The lowest BCUT2D eigenvalue weighted by Gasteiger charge is -2.39. The van der Waals surface area contributed by atoms with Crippen molar-refractivity contribution in [2.75, 3.05) is 26.2 Å². The molecule has 4 rings (SSSR count). The molecule has 2 saturated heterocycles. The molecule has 3 amide bonds. The molecule has 1 N–H and O–H groups in total. The van der Waals surface area contributed by atoms with E-state index >= 15 is 0 Å². The highest BCUT2D eigenvalue weighted by atomic mass is 32.1. The lowest BCUT2D eigenvalue weighted by Crippen LogP contribution is -2.50. The largest absolute Gasteiger partial charge is 0.344 e. The van der Waals surface area contributed by atoms with E-state index in [1.165, 1.54) is 6.92 Å². The minimum absolute atomic E-state index is 0.00248. The van der Waals surface area contributed by atoms with E-state index in [0.717, 1.165) is 42.8 Å². The van der Waals surface area contributed by atoms with Gasteiger partial charge in [-0.1, -0.05) is 6.07 Å². The Kier molecular flexibility index (Phi) is 7.10. The molecule has 32 heavy (non-hydrogen) atoms. The van der Waals surface area contributed by atoms with Gasteiger partial charge in [0.2, 0.25) is 17.7 Å². The second kappa shape index (κ2) is 10.0. The number of nitrogens with one attached hydrogen (secondary N) is 1. The zero-order valence-electron chi connectivity index (χ0n) is 18.3. The molecule has 4 heterocycles. The molecule has 2 aliphatic rings. The number of carbonyl (C=O) groups is 3. The van der Waals surface area contributed by atoms with E-state index in [2.05, 4.69) is 5.32 Å². The molecule has 1 atom stereocenters. The topological polar surface area (TPSA) is 69.7 Å². The smallest absolute Gasteiger partial charge is 0.246 e. The Morgan fingerprint density at radius 3 is 2.50 bits per heavy atom. The molecule has 0 radical (unpaired) electrons. The molecule has 0 aliphatic carbocycles. The summed E-state index contributed by atoms with van der Waals surface area (Å²) in [7, 11) is 0. The van der Waals surface area contributed by atoms with Crippen molar-refractivity contribution in [1.82, 2.24) is 15.1 Å². The summed E-state index contributed by atoms with van der Waals surface area (Å²) in [6, 6.07) is 5.43. The van der Waals surface area contributed by atoms with Gasteiger partial charge >= 0.3 is 0 Å². The predicted octanol–water partition coefficient (Wildman–Crippen LogP) is 3.41. The number of nitrogens with zero attached hydrogens (tertiary/aromatic N) is 2. The van der Waals surface area contributed by atoms with E-state index in [9.17, 15) is 14.4 Å². The molecule has 2 fully saturated rings. The summed E-state index contributed by atoms with van der Waals surface area (Å²) in [6.45, 7) is 4.32. The zero-order chi connectivity index (χ0) is 22.6. The summed E-state index contributed by atoms with van der Waals surface area (Å²) < 4.78 is 0. The lowest BCUT2D eigenvalue weighted by molar-refractivity contribution is -0.136. The van der Waals surface area contributed by atoms with Gasteiger partial charge in [-0.15, -0.1) is 11.3 Å². The Hall–Kier alpha value is -2.45. The molecule has 0 bridgehead atoms. The number of piperidine rings is 1. The molecular formula is C24H29N3O3S2. The van der Waals surface area contributed by atoms with Crippen LogP contribution in [0.1, 0.15) is 36.6 Å². The van der Waals surface area contributed by atoms with Gasteiger partial charge < -0.3 is 15.1 Å². The van der Waals surface area contributed by atoms with Crippen LogP contribution in [0.3, 0.4) is 0 Å². The minimum atomic E-state index is -0.523. The minimum Gasteiger partial charge on any atom is -0.344 e. The number of hydrogen-bond acceptors (Lipinski definition) is 5. The van der Waals surface area contributed by atoms with Crippen molar-refractivity contribution in [3.05, 3.63) is 50.9 Å². The first kappa shape index (κ1) is 22.7. The second-order valence-electron chi connectivity index (χ2n) is 8.76. The van der Waals surface area contributed by atoms with Crippen molar-refractivity contribution in [2.45, 2.75) is 38.6 Å². The van der Waals surface area contributed by atoms with E-state index in [1.807, 2.05) is 50.2 Å². The Bertz CT molecular complexity index is 961. The van der Waals surface area contributed by atoms with Crippen molar-refractivity contribution in [3.63, 3.8) is 0 Å². The number of hydrogen-bond donors (Lipinski definition) is 1. The monoisotopic (exact) mass is 471 g/mol. The molecular weight excluding hydrogens is 442 g/mol. The van der Waals surface area contributed by atoms with Gasteiger partial charge in [0.15, 0.2) is 0 Å². The molecule has 2 aromatic rings. The van der Waals surface area contributed by atoms with Crippen LogP contribution in [-0.2, 0) is 20.8 Å². The maximum Gasteiger partial charge on any atom is 0.246 e. The van der Waals surface area contributed by atoms with Crippen LogP contribution in [-0.4, -0.2) is 59.7 Å². The number of thiophene rings is 2. The SMILES string of the molecule is CC(=O)NC(Cc1cccs1)C(=O)N1CCC2(CCN(C(=O)C=Cc3ccsc3)CC2)C1. The van der Waals surface area contributed by atoms with Crippen LogP contribution in [0.25, 0.3) is 6.08 Å². The molecule has 6 nitrogen and oxygen atoms in total. The first-order chi connectivity index (χ1) is 15.4. The molecule has 0 saturated carbocycles. The van der Waals surface area contributed by atoms with Gasteiger partial charge in [-0.2, -0.15) is 11.3 Å². The van der Waals surface area contributed by atoms with E-state index in [1.54, 1.807) is 28.7 Å². The molecule has 1 unspecified atom stereocenters. The highest BCUT2D eigenvalue weighted by Gasteiger charge is 2.43. The average Bonchev–Trinajstić information content (AvgIpc) is 3.54. The first-order valence-electron chi connectivity index (χ1n) is 11.0. The predicted molar refractivity (Wildman–Crippen MR) is 128 cm³/mol. The molecule has 2 aromatic heterocycles. The zero-order valence-corrected chi connectivity index (χ0v) is 19.9. The summed E-state index contributed by atoms with van der Waals surface area (Å²) >= 11 is 3.22. The van der Waals surface area contributed by atoms with Gasteiger partial charge in [0, 0.05) is 50.5 Å². The third-order valence-corrected chi connectivity index (χ3v) is 8.11. The molecule has 8 heteroatoms. The van der Waals surface area contributed by atoms with Gasteiger partial charge in [-0.25, -0.2) is 0 Å². The number of carbonyl (C=O) groups excluding carboxylic acids is 3. The Labute approximate surface area is 196 Å². The standard InChI is InChI=1S/C24H29N3O3S2/c1-18(28)25-21(15-20-3-2-13-32-20)23(30)27-12-9-24(17-27)7-10-26(11-8-24)22(29)5-4-19-6-14-31-16-19/h2-6,13-14,16,21H,7-12,15,17H2,1H3,(H,25,28). The maximum atomic E-state index is 13.2. The summed E-state index contributed by atoms with van der Waals surface area (Å²) in [4.78, 5) is 42.4. The van der Waals surface area contributed by atoms with Crippen molar-refractivity contribution in [3.8, 4) is 0 Å². The summed E-state index contributed by atoms with van der Waals surface area (Å²) in [6.07, 6.45) is 6.83. The van der Waals surface area contributed by atoms with Gasteiger partial charge in [-0.3, -0.25) is 14.4 Å². The van der Waals surface area contributed by atoms with Crippen molar-refractivity contribution in [2.24, 2.45) is 5.41 Å². The third kappa shape index (κ3) is 5.48. The van der Waals surface area contributed by atoms with Crippen LogP contribution in [0.15, 0.2) is 40.4 Å². The average molecular weight is 472 g/mol. The van der Waals surface area contributed by atoms with E-state index in [0.29, 0.717) is 19.5 Å². The highest BCUT2D eigenvalue weighted by Crippen LogP contribution is 2.40. The Morgan fingerprint density at radius 2 is 1.88 bits per heavy atom.